The maximum absolute atomic E-state index is 10.7. The van der Waals surface area contributed by atoms with E-state index in [4.69, 9.17) is 10.5 Å². The molecule has 4 nitrogen and oxygen atoms in total. The lowest BCUT2D eigenvalue weighted by molar-refractivity contribution is -0.120. The van der Waals surface area contributed by atoms with Crippen molar-refractivity contribution in [3.05, 3.63) is 36.5 Å². The number of aromatic nitrogens is 1. The molecule has 81 valence electrons. The van der Waals surface area contributed by atoms with Crippen LogP contribution in [0.4, 0.5) is 0 Å². The number of hydrogen-bond donors (Lipinski definition) is 1. The number of nitrogens with two attached hydrogens (primary N) is 1. The van der Waals surface area contributed by atoms with Gasteiger partial charge in [0, 0.05) is 18.3 Å². The molecular formula is C11H15N2O2. The first-order valence-electron chi connectivity index (χ1n) is 4.79. The Labute approximate surface area is 89.5 Å². The Morgan fingerprint density at radius 1 is 1.73 bits per heavy atom. The second-order valence-corrected chi connectivity index (χ2v) is 3.30. The van der Waals surface area contributed by atoms with Gasteiger partial charge in [0.15, 0.2) is 0 Å². The molecule has 1 atom stereocenters. The molecule has 0 fully saturated rings. The van der Waals surface area contributed by atoms with Gasteiger partial charge in [0.2, 0.25) is 5.91 Å². The van der Waals surface area contributed by atoms with Crippen molar-refractivity contribution in [2.24, 2.45) is 11.7 Å². The predicted molar refractivity (Wildman–Crippen MR) is 56.6 cm³/mol. The minimum absolute atomic E-state index is 0.251. The molecule has 1 rings (SSSR count). The molecule has 0 saturated carbocycles. The van der Waals surface area contributed by atoms with Crippen LogP contribution in [-0.4, -0.2) is 17.5 Å². The topological polar surface area (TPSA) is 65.2 Å². The lowest BCUT2D eigenvalue weighted by Gasteiger charge is -2.07. The number of pyridine rings is 1. The van der Waals surface area contributed by atoms with Gasteiger partial charge in [-0.15, -0.1) is 0 Å². The van der Waals surface area contributed by atoms with E-state index in [-0.39, 0.29) is 11.8 Å². The van der Waals surface area contributed by atoms with E-state index >= 15 is 0 Å². The van der Waals surface area contributed by atoms with Crippen molar-refractivity contribution in [1.29, 1.82) is 0 Å². The van der Waals surface area contributed by atoms with Crippen LogP contribution in [0.3, 0.4) is 0 Å². The minimum atomic E-state index is -0.333. The summed E-state index contributed by atoms with van der Waals surface area (Å²) in [5.74, 6) is -0.584. The number of ether oxygens (including phenoxy) is 1. The highest BCUT2D eigenvalue weighted by Crippen LogP contribution is 2.02. The smallest absolute Gasteiger partial charge is 0.220 e. The molecule has 0 bridgehead atoms. The maximum atomic E-state index is 10.7. The molecule has 1 heterocycles. The second kappa shape index (κ2) is 6.14. The first-order valence-corrected chi connectivity index (χ1v) is 4.79. The summed E-state index contributed by atoms with van der Waals surface area (Å²) < 4.78 is 5.34. The van der Waals surface area contributed by atoms with Gasteiger partial charge in [-0.25, -0.2) is 0 Å². The number of rotatable bonds is 6. The Bertz CT molecular complexity index is 301. The first kappa shape index (κ1) is 11.7. The zero-order valence-corrected chi connectivity index (χ0v) is 8.72. The molecule has 15 heavy (non-hydrogen) atoms. The molecule has 1 aromatic heterocycles. The first-order chi connectivity index (χ1) is 7.20. The number of hydrogen-bond acceptors (Lipinski definition) is 3. The van der Waals surface area contributed by atoms with Crippen molar-refractivity contribution < 1.29 is 9.53 Å². The van der Waals surface area contributed by atoms with Crippen LogP contribution in [-0.2, 0) is 16.1 Å². The molecule has 0 saturated heterocycles. The number of nitrogens with zero attached hydrogens (tertiary/aromatic N) is 1. The highest BCUT2D eigenvalue weighted by molar-refractivity contribution is 5.77. The van der Waals surface area contributed by atoms with Gasteiger partial charge in [0.05, 0.1) is 13.2 Å². The molecule has 0 aliphatic carbocycles. The number of primary amides is 1. The van der Waals surface area contributed by atoms with E-state index < -0.39 is 0 Å². The third kappa shape index (κ3) is 4.56. The predicted octanol–water partition coefficient (Wildman–Crippen LogP) is 0.924. The highest BCUT2D eigenvalue weighted by Gasteiger charge is 2.07. The largest absolute Gasteiger partial charge is 0.376 e. The lowest BCUT2D eigenvalue weighted by Crippen LogP contribution is -2.22. The molecule has 0 aliphatic rings. The molecule has 0 unspecified atom stereocenters. The number of amides is 1. The fourth-order valence-electron chi connectivity index (χ4n) is 0.989. The summed E-state index contributed by atoms with van der Waals surface area (Å²) in [4.78, 5) is 14.7. The SMILES string of the molecule is C[C@@H]([CH]COCc1cccnc1)C(N)=O. The van der Waals surface area contributed by atoms with Crippen LogP contribution in [0.1, 0.15) is 12.5 Å². The van der Waals surface area contributed by atoms with Crippen LogP contribution in [0.15, 0.2) is 24.5 Å². The van der Waals surface area contributed by atoms with Crippen LogP contribution >= 0.6 is 0 Å². The van der Waals surface area contributed by atoms with Crippen molar-refractivity contribution in [3.8, 4) is 0 Å². The van der Waals surface area contributed by atoms with Crippen LogP contribution in [0.25, 0.3) is 0 Å². The van der Waals surface area contributed by atoms with Gasteiger partial charge in [-0.3, -0.25) is 9.78 Å². The van der Waals surface area contributed by atoms with Crippen LogP contribution < -0.4 is 5.73 Å². The van der Waals surface area contributed by atoms with Gasteiger partial charge in [-0.05, 0) is 18.1 Å². The molecule has 0 aliphatic heterocycles. The fraction of sp³-hybridized carbons (Fsp3) is 0.364. The molecule has 2 N–H and O–H groups in total. The van der Waals surface area contributed by atoms with Crippen LogP contribution in [0.2, 0.25) is 0 Å². The van der Waals surface area contributed by atoms with Crippen LogP contribution in [0, 0.1) is 12.3 Å². The zero-order valence-electron chi connectivity index (χ0n) is 8.72. The summed E-state index contributed by atoms with van der Waals surface area (Å²) in [6.07, 6.45) is 5.21. The highest BCUT2D eigenvalue weighted by atomic mass is 16.5. The molecule has 0 spiro atoms. The van der Waals surface area contributed by atoms with Gasteiger partial charge >= 0.3 is 0 Å². The number of carbonyl (C=O) groups excluding carboxylic acids is 1. The van der Waals surface area contributed by atoms with E-state index in [2.05, 4.69) is 4.98 Å². The Morgan fingerprint density at radius 3 is 3.13 bits per heavy atom. The van der Waals surface area contributed by atoms with Gasteiger partial charge in [-0.2, -0.15) is 0 Å². The normalized spacial score (nSPS) is 12.3. The summed E-state index contributed by atoms with van der Waals surface area (Å²) in [7, 11) is 0. The Morgan fingerprint density at radius 2 is 2.53 bits per heavy atom. The molecule has 1 radical (unpaired) electrons. The van der Waals surface area contributed by atoms with Crippen molar-refractivity contribution in [1.82, 2.24) is 4.98 Å². The van der Waals surface area contributed by atoms with Crippen LogP contribution in [0.5, 0.6) is 0 Å². The zero-order chi connectivity index (χ0) is 11.1. The fourth-order valence-corrected chi connectivity index (χ4v) is 0.989. The lowest BCUT2D eigenvalue weighted by atomic mass is 10.1. The molecule has 1 amide bonds. The third-order valence-electron chi connectivity index (χ3n) is 2.01. The second-order valence-electron chi connectivity index (χ2n) is 3.30. The molecule has 1 aromatic rings. The average Bonchev–Trinajstić information content (AvgIpc) is 2.25. The van der Waals surface area contributed by atoms with Crippen molar-refractivity contribution in [2.75, 3.05) is 6.61 Å². The molecule has 0 aromatic carbocycles. The number of carbonyl (C=O) groups is 1. The Balaban J connectivity index is 2.15. The summed E-state index contributed by atoms with van der Waals surface area (Å²) in [5, 5.41) is 0. The Hall–Kier alpha value is -1.42. The third-order valence-corrected chi connectivity index (χ3v) is 2.01. The summed E-state index contributed by atoms with van der Waals surface area (Å²) in [6, 6.07) is 3.79. The van der Waals surface area contributed by atoms with E-state index in [1.54, 1.807) is 25.7 Å². The molecular weight excluding hydrogens is 192 g/mol. The quantitative estimate of drug-likeness (QED) is 0.705. The van der Waals surface area contributed by atoms with Crippen molar-refractivity contribution in [3.63, 3.8) is 0 Å². The minimum Gasteiger partial charge on any atom is -0.376 e. The van der Waals surface area contributed by atoms with Gasteiger partial charge in [0.25, 0.3) is 0 Å². The standard InChI is InChI=1S/C11H15N2O2/c1-9(11(12)14)4-6-15-8-10-3-2-5-13-7-10/h2-5,7,9H,6,8H2,1H3,(H2,12,14)/t9-/m0/s1. The maximum Gasteiger partial charge on any atom is 0.220 e. The van der Waals surface area contributed by atoms with E-state index in [0.29, 0.717) is 13.2 Å². The van der Waals surface area contributed by atoms with Gasteiger partial charge in [0.1, 0.15) is 0 Å². The van der Waals surface area contributed by atoms with Gasteiger partial charge < -0.3 is 10.5 Å². The van der Waals surface area contributed by atoms with Gasteiger partial charge in [-0.1, -0.05) is 13.0 Å². The summed E-state index contributed by atoms with van der Waals surface area (Å²) in [6.45, 7) is 2.66. The van der Waals surface area contributed by atoms with E-state index in [1.807, 2.05) is 12.1 Å². The average molecular weight is 207 g/mol. The Kier molecular flexibility index (Phi) is 4.77. The van der Waals surface area contributed by atoms with E-state index in [1.165, 1.54) is 0 Å². The van der Waals surface area contributed by atoms with E-state index in [9.17, 15) is 4.79 Å². The monoisotopic (exact) mass is 207 g/mol. The molecule has 4 heteroatoms. The summed E-state index contributed by atoms with van der Waals surface area (Å²) >= 11 is 0. The van der Waals surface area contributed by atoms with E-state index in [0.717, 1.165) is 5.56 Å². The van der Waals surface area contributed by atoms with Crippen molar-refractivity contribution >= 4 is 5.91 Å². The van der Waals surface area contributed by atoms with Crippen molar-refractivity contribution in [2.45, 2.75) is 13.5 Å². The summed E-state index contributed by atoms with van der Waals surface area (Å²) in [5.41, 5.74) is 6.11.